The molecular weight excluding hydrogens is 457 g/mol. The maximum atomic E-state index is 12.8. The van der Waals surface area contributed by atoms with Gasteiger partial charge in [0, 0.05) is 11.6 Å². The van der Waals surface area contributed by atoms with E-state index in [0.717, 1.165) is 6.07 Å². The van der Waals surface area contributed by atoms with E-state index in [0.29, 0.717) is 17.7 Å². The number of halogens is 3. The monoisotopic (exact) mass is 474 g/mol. The van der Waals surface area contributed by atoms with Gasteiger partial charge in [0.2, 0.25) is 0 Å². The van der Waals surface area contributed by atoms with E-state index in [2.05, 4.69) is 10.9 Å². The zero-order valence-corrected chi connectivity index (χ0v) is 17.3. The number of amides is 2. The van der Waals surface area contributed by atoms with Crippen LogP contribution in [0.1, 0.15) is 31.8 Å². The largest absolute Gasteiger partial charge is 0.488 e. The van der Waals surface area contributed by atoms with Crippen LogP contribution < -0.4 is 21.3 Å². The normalized spacial score (nSPS) is 10.9. The lowest BCUT2D eigenvalue weighted by Gasteiger charge is -2.12. The molecule has 0 saturated heterocycles. The number of nitro groups is 1. The minimum absolute atomic E-state index is 0.00319. The number of nitrogens with one attached hydrogen (secondary N) is 2. The third-order valence-electron chi connectivity index (χ3n) is 4.57. The van der Waals surface area contributed by atoms with Gasteiger partial charge < -0.3 is 10.5 Å². The molecule has 0 aliphatic carbocycles. The number of para-hydroxylation sites is 1. The summed E-state index contributed by atoms with van der Waals surface area (Å²) < 4.78 is 44.1. The summed E-state index contributed by atoms with van der Waals surface area (Å²) in [6.45, 7) is 0.00319. The SMILES string of the molecule is NC(=O)c1ccccc1OCc1cccc(C(=O)NNc2ccc(C(F)(F)F)cc2[N+](=O)[O-])c1. The quantitative estimate of drug-likeness (QED) is 0.333. The summed E-state index contributed by atoms with van der Waals surface area (Å²) in [6.07, 6.45) is -4.76. The number of rotatable bonds is 8. The number of carbonyl (C=O) groups excluding carboxylic acids is 2. The molecule has 0 aromatic heterocycles. The molecule has 4 N–H and O–H groups in total. The number of hydrogen-bond acceptors (Lipinski definition) is 6. The molecule has 34 heavy (non-hydrogen) atoms. The van der Waals surface area contributed by atoms with Crippen LogP contribution in [0.3, 0.4) is 0 Å². The fourth-order valence-electron chi connectivity index (χ4n) is 2.92. The summed E-state index contributed by atoms with van der Waals surface area (Å²) >= 11 is 0. The summed E-state index contributed by atoms with van der Waals surface area (Å²) in [4.78, 5) is 34.1. The molecule has 3 aromatic carbocycles. The van der Waals surface area contributed by atoms with Gasteiger partial charge in [0.1, 0.15) is 18.0 Å². The van der Waals surface area contributed by atoms with E-state index >= 15 is 0 Å². The van der Waals surface area contributed by atoms with Crippen molar-refractivity contribution in [1.82, 2.24) is 5.43 Å². The molecule has 0 saturated carbocycles. The second-order valence-corrected chi connectivity index (χ2v) is 6.92. The maximum Gasteiger partial charge on any atom is 0.416 e. The van der Waals surface area contributed by atoms with E-state index in [1.54, 1.807) is 30.3 Å². The molecule has 3 aromatic rings. The van der Waals surface area contributed by atoms with Gasteiger partial charge in [-0.2, -0.15) is 13.2 Å². The van der Waals surface area contributed by atoms with Gasteiger partial charge in [0.15, 0.2) is 0 Å². The molecule has 0 atom stereocenters. The zero-order valence-electron chi connectivity index (χ0n) is 17.3. The van der Waals surface area contributed by atoms with Crippen LogP contribution in [-0.2, 0) is 12.8 Å². The second-order valence-electron chi connectivity index (χ2n) is 6.92. The molecule has 0 radical (unpaired) electrons. The van der Waals surface area contributed by atoms with Crippen LogP contribution in [0.15, 0.2) is 66.7 Å². The Morgan fingerprint density at radius 1 is 1.03 bits per heavy atom. The zero-order chi connectivity index (χ0) is 24.9. The second kappa shape index (κ2) is 9.90. The summed E-state index contributed by atoms with van der Waals surface area (Å²) in [5.41, 5.74) is 8.33. The number of benzene rings is 3. The van der Waals surface area contributed by atoms with E-state index < -0.39 is 34.2 Å². The standard InChI is InChI=1S/C22H17F3N4O5/c23-22(24,25)15-8-9-17(18(11-15)29(32)33)27-28-21(31)14-5-3-4-13(10-14)12-34-19-7-2-1-6-16(19)20(26)30/h1-11,27H,12H2,(H2,26,30)(H,28,31). The van der Waals surface area contributed by atoms with E-state index in [1.807, 2.05) is 0 Å². The van der Waals surface area contributed by atoms with Crippen LogP contribution in [0, 0.1) is 10.1 Å². The van der Waals surface area contributed by atoms with Gasteiger partial charge in [-0.15, -0.1) is 0 Å². The van der Waals surface area contributed by atoms with Crippen molar-refractivity contribution in [2.45, 2.75) is 12.8 Å². The molecule has 0 unspecified atom stereocenters. The molecular formula is C22H17F3N4O5. The molecule has 0 bridgehead atoms. The van der Waals surface area contributed by atoms with Crippen LogP contribution >= 0.6 is 0 Å². The lowest BCUT2D eigenvalue weighted by atomic mass is 10.1. The highest BCUT2D eigenvalue weighted by atomic mass is 19.4. The van der Waals surface area contributed by atoms with Gasteiger partial charge in [-0.05, 0) is 42.0 Å². The highest BCUT2D eigenvalue weighted by Crippen LogP contribution is 2.34. The van der Waals surface area contributed by atoms with Crippen molar-refractivity contribution in [3.05, 3.63) is 99.1 Å². The first kappa shape index (κ1) is 24.0. The van der Waals surface area contributed by atoms with Crippen molar-refractivity contribution in [2.75, 3.05) is 5.43 Å². The number of alkyl halides is 3. The number of ether oxygens (including phenoxy) is 1. The molecule has 12 heteroatoms. The van der Waals surface area contributed by atoms with Crippen molar-refractivity contribution in [1.29, 1.82) is 0 Å². The first-order valence-corrected chi connectivity index (χ1v) is 9.59. The Balaban J connectivity index is 1.69. The average molecular weight is 474 g/mol. The number of nitro benzene ring substituents is 1. The number of nitrogens with zero attached hydrogens (tertiary/aromatic N) is 1. The van der Waals surface area contributed by atoms with Crippen molar-refractivity contribution in [3.8, 4) is 5.75 Å². The minimum Gasteiger partial charge on any atom is -0.488 e. The van der Waals surface area contributed by atoms with Crippen molar-refractivity contribution in [2.24, 2.45) is 5.73 Å². The van der Waals surface area contributed by atoms with Gasteiger partial charge in [-0.3, -0.25) is 30.6 Å². The lowest BCUT2D eigenvalue weighted by molar-refractivity contribution is -0.384. The summed E-state index contributed by atoms with van der Waals surface area (Å²) in [5, 5.41) is 11.2. The number of primary amides is 1. The van der Waals surface area contributed by atoms with Gasteiger partial charge in [-0.25, -0.2) is 0 Å². The number of hydrazine groups is 1. The van der Waals surface area contributed by atoms with Crippen molar-refractivity contribution >= 4 is 23.2 Å². The number of carbonyl (C=O) groups is 2. The average Bonchev–Trinajstić information content (AvgIpc) is 2.80. The first-order valence-electron chi connectivity index (χ1n) is 9.59. The number of nitrogens with two attached hydrogens (primary N) is 1. The Hall–Kier alpha value is -4.61. The molecule has 176 valence electrons. The minimum atomic E-state index is -4.76. The van der Waals surface area contributed by atoms with E-state index in [1.165, 1.54) is 18.2 Å². The predicted molar refractivity (Wildman–Crippen MR) is 115 cm³/mol. The fraction of sp³-hybridized carbons (Fsp3) is 0.0909. The van der Waals surface area contributed by atoms with Gasteiger partial charge >= 0.3 is 6.18 Å². The Kier molecular flexibility index (Phi) is 7.00. The van der Waals surface area contributed by atoms with Crippen LogP contribution in [0.5, 0.6) is 5.75 Å². The highest BCUT2D eigenvalue weighted by Gasteiger charge is 2.33. The van der Waals surface area contributed by atoms with E-state index in [-0.39, 0.29) is 29.2 Å². The molecule has 3 rings (SSSR count). The molecule has 0 aliphatic heterocycles. The van der Waals surface area contributed by atoms with Crippen LogP contribution in [-0.4, -0.2) is 16.7 Å². The van der Waals surface area contributed by atoms with Crippen LogP contribution in [0.2, 0.25) is 0 Å². The summed E-state index contributed by atoms with van der Waals surface area (Å²) in [7, 11) is 0. The fourth-order valence-corrected chi connectivity index (χ4v) is 2.92. The maximum absolute atomic E-state index is 12.8. The molecule has 0 heterocycles. The smallest absolute Gasteiger partial charge is 0.416 e. The topological polar surface area (TPSA) is 137 Å². The molecule has 2 amide bonds. The Morgan fingerprint density at radius 3 is 2.44 bits per heavy atom. The predicted octanol–water partition coefficient (Wildman–Crippen LogP) is 4.05. The van der Waals surface area contributed by atoms with Crippen molar-refractivity contribution < 1.29 is 32.4 Å². The van der Waals surface area contributed by atoms with E-state index in [9.17, 15) is 32.9 Å². The molecule has 0 aliphatic rings. The first-order chi connectivity index (χ1) is 16.1. The van der Waals surface area contributed by atoms with Crippen LogP contribution in [0.25, 0.3) is 0 Å². The van der Waals surface area contributed by atoms with Crippen molar-refractivity contribution in [3.63, 3.8) is 0 Å². The van der Waals surface area contributed by atoms with Gasteiger partial charge in [-0.1, -0.05) is 24.3 Å². The number of anilines is 1. The summed E-state index contributed by atoms with van der Waals surface area (Å²) in [5.74, 6) is -1.10. The third kappa shape index (κ3) is 5.79. The van der Waals surface area contributed by atoms with Gasteiger partial charge in [0.25, 0.3) is 17.5 Å². The van der Waals surface area contributed by atoms with E-state index in [4.69, 9.17) is 10.5 Å². The third-order valence-corrected chi connectivity index (χ3v) is 4.57. The number of hydrogen-bond donors (Lipinski definition) is 3. The Labute approximate surface area is 190 Å². The lowest BCUT2D eigenvalue weighted by Crippen LogP contribution is -2.29. The van der Waals surface area contributed by atoms with Gasteiger partial charge in [0.05, 0.1) is 16.1 Å². The Bertz CT molecular complexity index is 1250. The molecule has 0 spiro atoms. The van der Waals surface area contributed by atoms with Crippen LogP contribution in [0.4, 0.5) is 24.5 Å². The molecule has 9 nitrogen and oxygen atoms in total. The summed E-state index contributed by atoms with van der Waals surface area (Å²) in [6, 6.07) is 14.4. The Morgan fingerprint density at radius 2 is 1.76 bits per heavy atom. The highest BCUT2D eigenvalue weighted by molar-refractivity contribution is 5.96. The molecule has 0 fully saturated rings.